The van der Waals surface area contributed by atoms with Gasteiger partial charge >= 0.3 is 0 Å². The summed E-state index contributed by atoms with van der Waals surface area (Å²) in [5.74, 6) is 0. The van der Waals surface area contributed by atoms with Crippen LogP contribution in [0.3, 0.4) is 0 Å². The standard InChI is InChI=1S/C41H26/c1-2-11-27-23-38-28(22-26(27)10-1)13-7-17-33(38)36-20-9-19-35-32-15-5-6-16-34(32)41(25-40(35)36)37-21-8-18-31-30-14-4-3-12-29(30)24-39(31)37/h1-23,25H,24H2. The number of fused-ring (bicyclic) bond motifs is 8. The van der Waals surface area contributed by atoms with Crippen molar-refractivity contribution in [3.8, 4) is 33.4 Å². The van der Waals surface area contributed by atoms with Gasteiger partial charge in [0.25, 0.3) is 0 Å². The molecule has 0 radical (unpaired) electrons. The zero-order valence-electron chi connectivity index (χ0n) is 22.6. The molecule has 41 heavy (non-hydrogen) atoms. The van der Waals surface area contributed by atoms with Gasteiger partial charge in [0.2, 0.25) is 0 Å². The Morgan fingerprint density at radius 2 is 0.829 bits per heavy atom. The molecule has 0 aromatic heterocycles. The van der Waals surface area contributed by atoms with Crippen LogP contribution in [-0.4, -0.2) is 0 Å². The van der Waals surface area contributed by atoms with Crippen LogP contribution in [0.1, 0.15) is 11.1 Å². The van der Waals surface area contributed by atoms with Crippen LogP contribution >= 0.6 is 0 Å². The monoisotopic (exact) mass is 518 g/mol. The lowest BCUT2D eigenvalue weighted by molar-refractivity contribution is 1.27. The van der Waals surface area contributed by atoms with Crippen LogP contribution in [0.25, 0.3) is 76.5 Å². The van der Waals surface area contributed by atoms with E-state index in [1.54, 1.807) is 0 Å². The van der Waals surface area contributed by atoms with Crippen LogP contribution in [0.2, 0.25) is 0 Å². The maximum absolute atomic E-state index is 2.46. The third-order valence-corrected chi connectivity index (χ3v) is 9.08. The quantitative estimate of drug-likeness (QED) is 0.158. The minimum absolute atomic E-state index is 0.978. The zero-order chi connectivity index (χ0) is 26.9. The summed E-state index contributed by atoms with van der Waals surface area (Å²) in [6.45, 7) is 0. The van der Waals surface area contributed by atoms with E-state index in [2.05, 4.69) is 146 Å². The Hall–Kier alpha value is -5.20. The maximum Gasteiger partial charge on any atom is -0.000728 e. The third kappa shape index (κ3) is 3.34. The van der Waals surface area contributed by atoms with Crippen LogP contribution < -0.4 is 0 Å². The summed E-state index contributed by atoms with van der Waals surface area (Å²) in [5.41, 5.74) is 10.8. The molecule has 0 saturated heterocycles. The summed E-state index contributed by atoms with van der Waals surface area (Å²) in [6, 6.07) is 54.0. The Morgan fingerprint density at radius 3 is 1.71 bits per heavy atom. The third-order valence-electron chi connectivity index (χ3n) is 9.08. The highest BCUT2D eigenvalue weighted by Crippen LogP contribution is 2.46. The molecule has 0 aliphatic heterocycles. The van der Waals surface area contributed by atoms with Gasteiger partial charge in [0.1, 0.15) is 0 Å². The van der Waals surface area contributed by atoms with Crippen molar-refractivity contribution in [3.05, 3.63) is 157 Å². The van der Waals surface area contributed by atoms with Crippen LogP contribution in [0.5, 0.6) is 0 Å². The molecule has 0 bridgehead atoms. The highest BCUT2D eigenvalue weighted by molar-refractivity contribution is 6.19. The molecule has 0 fully saturated rings. The van der Waals surface area contributed by atoms with Gasteiger partial charge in [-0.3, -0.25) is 0 Å². The Bertz CT molecular complexity index is 2340. The first kappa shape index (κ1) is 22.6. The molecule has 190 valence electrons. The van der Waals surface area contributed by atoms with Crippen molar-refractivity contribution in [3.63, 3.8) is 0 Å². The van der Waals surface area contributed by atoms with Crippen molar-refractivity contribution in [2.24, 2.45) is 0 Å². The first-order valence-electron chi connectivity index (χ1n) is 14.4. The first-order chi connectivity index (χ1) is 20.3. The van der Waals surface area contributed by atoms with Crippen molar-refractivity contribution >= 4 is 43.1 Å². The number of hydrogen-bond acceptors (Lipinski definition) is 0. The molecule has 0 N–H and O–H groups in total. The van der Waals surface area contributed by atoms with Gasteiger partial charge in [-0.1, -0.05) is 127 Å². The van der Waals surface area contributed by atoms with Gasteiger partial charge in [-0.15, -0.1) is 0 Å². The number of benzene rings is 8. The summed E-state index contributed by atoms with van der Waals surface area (Å²) < 4.78 is 0. The van der Waals surface area contributed by atoms with E-state index in [0.717, 1.165) is 6.42 Å². The van der Waals surface area contributed by atoms with Gasteiger partial charge in [0.15, 0.2) is 0 Å². The summed E-state index contributed by atoms with van der Waals surface area (Å²) >= 11 is 0. The lowest BCUT2D eigenvalue weighted by atomic mass is 9.86. The number of hydrogen-bond donors (Lipinski definition) is 0. The molecule has 8 aromatic rings. The van der Waals surface area contributed by atoms with Gasteiger partial charge in [-0.25, -0.2) is 0 Å². The summed E-state index contributed by atoms with van der Waals surface area (Å²) in [6.07, 6.45) is 0.978. The summed E-state index contributed by atoms with van der Waals surface area (Å²) in [4.78, 5) is 0. The van der Waals surface area contributed by atoms with E-state index in [1.807, 2.05) is 0 Å². The van der Waals surface area contributed by atoms with E-state index in [4.69, 9.17) is 0 Å². The van der Waals surface area contributed by atoms with Crippen molar-refractivity contribution < 1.29 is 0 Å². The highest BCUT2D eigenvalue weighted by Gasteiger charge is 2.23. The predicted octanol–water partition coefficient (Wildman–Crippen LogP) is 11.2. The normalized spacial score (nSPS) is 12.3. The molecular formula is C41H26. The Kier molecular flexibility index (Phi) is 4.77. The highest BCUT2D eigenvalue weighted by atomic mass is 14.3. The molecule has 1 aliphatic carbocycles. The molecule has 0 amide bonds. The van der Waals surface area contributed by atoms with Gasteiger partial charge in [-0.2, -0.15) is 0 Å². The van der Waals surface area contributed by atoms with E-state index in [0.29, 0.717) is 0 Å². The summed E-state index contributed by atoms with van der Waals surface area (Å²) in [5, 5.41) is 10.3. The molecule has 9 rings (SSSR count). The molecule has 0 unspecified atom stereocenters. The minimum Gasteiger partial charge on any atom is -0.0619 e. The SMILES string of the molecule is c1ccc2c(c1)Cc1c-2cccc1-c1cc2c(-c3cccc4cc5ccccc5cc34)cccc2c2ccccc12. The van der Waals surface area contributed by atoms with Gasteiger partial charge in [0, 0.05) is 0 Å². The van der Waals surface area contributed by atoms with Crippen molar-refractivity contribution in [1.29, 1.82) is 0 Å². The molecule has 0 heterocycles. The molecule has 0 heteroatoms. The van der Waals surface area contributed by atoms with Crippen LogP contribution in [0.4, 0.5) is 0 Å². The van der Waals surface area contributed by atoms with Crippen molar-refractivity contribution in [2.75, 3.05) is 0 Å². The topological polar surface area (TPSA) is 0 Å². The molecule has 0 saturated carbocycles. The molecular weight excluding hydrogens is 492 g/mol. The zero-order valence-corrected chi connectivity index (χ0v) is 22.6. The lowest BCUT2D eigenvalue weighted by Crippen LogP contribution is -1.92. The van der Waals surface area contributed by atoms with E-state index in [9.17, 15) is 0 Å². The second kappa shape index (κ2) is 8.65. The van der Waals surface area contributed by atoms with Crippen molar-refractivity contribution in [1.82, 2.24) is 0 Å². The minimum atomic E-state index is 0.978. The van der Waals surface area contributed by atoms with E-state index < -0.39 is 0 Å². The maximum atomic E-state index is 2.46. The van der Waals surface area contributed by atoms with Crippen molar-refractivity contribution in [2.45, 2.75) is 6.42 Å². The largest absolute Gasteiger partial charge is 0.0619 e. The second-order valence-electron chi connectivity index (χ2n) is 11.3. The Morgan fingerprint density at radius 1 is 0.293 bits per heavy atom. The smallest absolute Gasteiger partial charge is 0.000728 e. The molecule has 0 spiro atoms. The first-order valence-corrected chi connectivity index (χ1v) is 14.4. The average molecular weight is 519 g/mol. The van der Waals surface area contributed by atoms with Gasteiger partial charge < -0.3 is 0 Å². The number of rotatable bonds is 2. The molecule has 0 atom stereocenters. The van der Waals surface area contributed by atoms with Crippen LogP contribution in [-0.2, 0) is 6.42 Å². The van der Waals surface area contributed by atoms with Crippen LogP contribution in [0.15, 0.2) is 146 Å². The molecule has 1 aliphatic rings. The second-order valence-corrected chi connectivity index (χ2v) is 11.3. The Labute approximate surface area is 239 Å². The van der Waals surface area contributed by atoms with E-state index in [1.165, 1.54) is 87.6 Å². The van der Waals surface area contributed by atoms with E-state index >= 15 is 0 Å². The van der Waals surface area contributed by atoms with Crippen LogP contribution in [0, 0.1) is 0 Å². The lowest BCUT2D eigenvalue weighted by Gasteiger charge is -2.17. The fourth-order valence-corrected chi connectivity index (χ4v) is 7.20. The fourth-order valence-electron chi connectivity index (χ4n) is 7.20. The molecule has 0 nitrogen and oxygen atoms in total. The fraction of sp³-hybridized carbons (Fsp3) is 0.0244. The van der Waals surface area contributed by atoms with E-state index in [-0.39, 0.29) is 0 Å². The Balaban J connectivity index is 1.36. The van der Waals surface area contributed by atoms with Gasteiger partial charge in [-0.05, 0) is 112 Å². The van der Waals surface area contributed by atoms with Gasteiger partial charge in [0.05, 0.1) is 0 Å². The molecule has 8 aromatic carbocycles. The average Bonchev–Trinajstić information content (AvgIpc) is 3.42. The predicted molar refractivity (Wildman–Crippen MR) is 176 cm³/mol. The summed E-state index contributed by atoms with van der Waals surface area (Å²) in [7, 11) is 0.